The molecule has 0 spiro atoms. The number of fused-ring (bicyclic) bond motifs is 1. The molecule has 4 nitrogen and oxygen atoms in total. The lowest BCUT2D eigenvalue weighted by atomic mass is 10.1. The summed E-state index contributed by atoms with van der Waals surface area (Å²) in [6.07, 6.45) is 2.14. The summed E-state index contributed by atoms with van der Waals surface area (Å²) in [5.74, 6) is 0.757. The fourth-order valence-corrected chi connectivity index (χ4v) is 4.78. The van der Waals surface area contributed by atoms with Gasteiger partial charge in [-0.2, -0.15) is 0 Å². The molecule has 0 aliphatic carbocycles. The zero-order valence-electron chi connectivity index (χ0n) is 18.3. The predicted molar refractivity (Wildman–Crippen MR) is 134 cm³/mol. The Morgan fingerprint density at radius 2 is 1.91 bits per heavy atom. The minimum atomic E-state index is -0.109. The molecule has 4 aromatic rings. The van der Waals surface area contributed by atoms with Gasteiger partial charge in [0.05, 0.1) is 18.6 Å². The number of amides is 1. The number of ether oxygens (including phenoxy) is 1. The highest BCUT2D eigenvalue weighted by molar-refractivity contribution is 8.00. The van der Waals surface area contributed by atoms with Crippen LogP contribution >= 0.6 is 23.4 Å². The van der Waals surface area contributed by atoms with Gasteiger partial charge < -0.3 is 14.6 Å². The van der Waals surface area contributed by atoms with Gasteiger partial charge in [0.15, 0.2) is 0 Å². The molecule has 32 heavy (non-hydrogen) atoms. The number of hydrogen-bond donors (Lipinski definition) is 1. The molecule has 1 heterocycles. The van der Waals surface area contributed by atoms with Gasteiger partial charge in [-0.3, -0.25) is 4.79 Å². The van der Waals surface area contributed by atoms with E-state index < -0.39 is 0 Å². The van der Waals surface area contributed by atoms with Crippen molar-refractivity contribution in [1.29, 1.82) is 0 Å². The Hall–Kier alpha value is -2.89. The van der Waals surface area contributed by atoms with Crippen molar-refractivity contribution >= 4 is 45.9 Å². The van der Waals surface area contributed by atoms with E-state index in [0.29, 0.717) is 16.5 Å². The molecule has 0 saturated heterocycles. The molecule has 0 radical (unpaired) electrons. The second-order valence-electron chi connectivity index (χ2n) is 7.75. The maximum Gasteiger partial charge on any atom is 0.234 e. The lowest BCUT2D eigenvalue weighted by molar-refractivity contribution is -0.113. The highest BCUT2D eigenvalue weighted by Gasteiger charge is 2.13. The van der Waals surface area contributed by atoms with E-state index in [9.17, 15) is 4.79 Å². The van der Waals surface area contributed by atoms with E-state index in [1.807, 2.05) is 6.07 Å². The first kappa shape index (κ1) is 22.3. The zero-order valence-corrected chi connectivity index (χ0v) is 19.9. The highest BCUT2D eigenvalue weighted by atomic mass is 35.5. The van der Waals surface area contributed by atoms with Crippen LogP contribution in [0, 0.1) is 13.8 Å². The number of hydrogen-bond acceptors (Lipinski definition) is 3. The number of nitrogens with zero attached hydrogens (tertiary/aromatic N) is 1. The highest BCUT2D eigenvalue weighted by Crippen LogP contribution is 2.32. The molecule has 0 aliphatic rings. The molecule has 1 aromatic heterocycles. The Bertz CT molecular complexity index is 1280. The maximum atomic E-state index is 12.6. The topological polar surface area (TPSA) is 43.3 Å². The Kier molecular flexibility index (Phi) is 6.77. The minimum absolute atomic E-state index is 0.109. The van der Waals surface area contributed by atoms with Crippen LogP contribution < -0.4 is 10.1 Å². The molecule has 164 valence electrons. The summed E-state index contributed by atoms with van der Waals surface area (Å²) in [7, 11) is 1.57. The predicted octanol–water partition coefficient (Wildman–Crippen LogP) is 6.70. The standard InChI is InChI=1S/C26H25ClN2O2S/c1-17-8-9-18(2)19(12-17)14-29-15-25(21-6-4-5-7-23(21)29)32-16-26(30)28-22-13-20(27)10-11-24(22)31-3/h4-13,15H,14,16H2,1-3H3,(H,28,30). The first-order valence-corrected chi connectivity index (χ1v) is 11.7. The van der Waals surface area contributed by atoms with Gasteiger partial charge in [-0.25, -0.2) is 0 Å². The number of thioether (sulfide) groups is 1. The van der Waals surface area contributed by atoms with E-state index in [2.05, 4.69) is 66.3 Å². The fourth-order valence-electron chi connectivity index (χ4n) is 3.72. The van der Waals surface area contributed by atoms with Crippen LogP contribution in [0.3, 0.4) is 0 Å². The summed E-state index contributed by atoms with van der Waals surface area (Å²) in [5, 5.41) is 4.60. The summed E-state index contributed by atoms with van der Waals surface area (Å²) in [6, 6.07) is 20.0. The van der Waals surface area contributed by atoms with Crippen molar-refractivity contribution in [1.82, 2.24) is 4.57 Å². The van der Waals surface area contributed by atoms with Crippen LogP contribution in [-0.2, 0) is 11.3 Å². The number of halogens is 1. The fraction of sp³-hybridized carbons (Fsp3) is 0.192. The number of rotatable bonds is 7. The van der Waals surface area contributed by atoms with E-state index in [1.54, 1.807) is 25.3 Å². The third kappa shape index (κ3) is 4.95. The summed E-state index contributed by atoms with van der Waals surface area (Å²) >= 11 is 7.60. The van der Waals surface area contributed by atoms with Crippen molar-refractivity contribution in [2.45, 2.75) is 25.3 Å². The van der Waals surface area contributed by atoms with E-state index >= 15 is 0 Å². The molecular weight excluding hydrogens is 440 g/mol. The monoisotopic (exact) mass is 464 g/mol. The Balaban J connectivity index is 1.53. The third-order valence-electron chi connectivity index (χ3n) is 5.39. The van der Waals surface area contributed by atoms with Crippen LogP contribution in [0.15, 0.2) is 71.8 Å². The number of aromatic nitrogens is 1. The molecule has 1 N–H and O–H groups in total. The van der Waals surface area contributed by atoms with Gasteiger partial charge >= 0.3 is 0 Å². The van der Waals surface area contributed by atoms with Crippen LogP contribution in [0.4, 0.5) is 5.69 Å². The van der Waals surface area contributed by atoms with E-state index in [1.165, 1.54) is 28.5 Å². The number of methoxy groups -OCH3 is 1. The number of aryl methyl sites for hydroxylation is 2. The Morgan fingerprint density at radius 1 is 1.09 bits per heavy atom. The van der Waals surface area contributed by atoms with Crippen molar-refractivity contribution in [3.8, 4) is 5.75 Å². The Labute approximate surface area is 197 Å². The second-order valence-corrected chi connectivity index (χ2v) is 9.20. The normalized spacial score (nSPS) is 11.0. The molecule has 0 unspecified atom stereocenters. The van der Waals surface area contributed by atoms with Gasteiger partial charge in [-0.05, 0) is 49.2 Å². The zero-order chi connectivity index (χ0) is 22.7. The van der Waals surface area contributed by atoms with Crippen LogP contribution in [0.2, 0.25) is 5.02 Å². The van der Waals surface area contributed by atoms with Crippen LogP contribution in [0.1, 0.15) is 16.7 Å². The van der Waals surface area contributed by atoms with E-state index in [-0.39, 0.29) is 11.7 Å². The van der Waals surface area contributed by atoms with Crippen LogP contribution in [-0.4, -0.2) is 23.3 Å². The van der Waals surface area contributed by atoms with Crippen molar-refractivity contribution in [3.63, 3.8) is 0 Å². The lowest BCUT2D eigenvalue weighted by Crippen LogP contribution is -2.14. The van der Waals surface area contributed by atoms with Gasteiger partial charge in [0, 0.05) is 33.6 Å². The summed E-state index contributed by atoms with van der Waals surface area (Å²) in [6.45, 7) is 5.05. The van der Waals surface area contributed by atoms with Gasteiger partial charge in [0.25, 0.3) is 0 Å². The lowest BCUT2D eigenvalue weighted by Gasteiger charge is -2.10. The quantitative estimate of drug-likeness (QED) is 0.309. The van der Waals surface area contributed by atoms with Gasteiger partial charge in [-0.1, -0.05) is 53.6 Å². The molecular formula is C26H25ClN2O2S. The second kappa shape index (κ2) is 9.72. The summed E-state index contributed by atoms with van der Waals surface area (Å²) in [4.78, 5) is 13.7. The van der Waals surface area contributed by atoms with Gasteiger partial charge in [0.1, 0.15) is 5.75 Å². The first-order valence-electron chi connectivity index (χ1n) is 10.3. The molecule has 3 aromatic carbocycles. The van der Waals surface area contributed by atoms with Crippen molar-refractivity contribution in [2.75, 3.05) is 18.2 Å². The van der Waals surface area contributed by atoms with E-state index in [4.69, 9.17) is 16.3 Å². The largest absolute Gasteiger partial charge is 0.495 e. The molecule has 1 amide bonds. The van der Waals surface area contributed by atoms with E-state index in [0.717, 1.165) is 22.3 Å². The molecule has 0 bridgehead atoms. The van der Waals surface area contributed by atoms with Crippen LogP contribution in [0.25, 0.3) is 10.9 Å². The Morgan fingerprint density at radius 3 is 2.72 bits per heavy atom. The SMILES string of the molecule is COc1ccc(Cl)cc1NC(=O)CSc1cn(Cc2cc(C)ccc2C)c2ccccc12. The smallest absolute Gasteiger partial charge is 0.234 e. The van der Waals surface area contributed by atoms with Gasteiger partial charge in [0.2, 0.25) is 5.91 Å². The van der Waals surface area contributed by atoms with Gasteiger partial charge in [-0.15, -0.1) is 11.8 Å². The molecule has 0 fully saturated rings. The summed E-state index contributed by atoms with van der Waals surface area (Å²) < 4.78 is 7.58. The number of nitrogens with one attached hydrogen (secondary N) is 1. The third-order valence-corrected chi connectivity index (χ3v) is 6.67. The molecule has 0 aliphatic heterocycles. The first-order chi connectivity index (χ1) is 15.4. The summed E-state index contributed by atoms with van der Waals surface area (Å²) in [5.41, 5.74) is 5.56. The molecule has 4 rings (SSSR count). The average molecular weight is 465 g/mol. The number of carbonyl (C=O) groups is 1. The molecule has 0 atom stereocenters. The number of para-hydroxylation sites is 1. The van der Waals surface area contributed by atoms with Crippen LogP contribution in [0.5, 0.6) is 5.75 Å². The average Bonchev–Trinajstić information content (AvgIpc) is 3.13. The minimum Gasteiger partial charge on any atom is -0.495 e. The number of carbonyl (C=O) groups excluding carboxylic acids is 1. The molecule has 0 saturated carbocycles. The molecule has 6 heteroatoms. The van der Waals surface area contributed by atoms with Crippen molar-refractivity contribution in [3.05, 3.63) is 88.6 Å². The number of anilines is 1. The maximum absolute atomic E-state index is 12.6. The number of benzene rings is 3. The van der Waals surface area contributed by atoms with Crippen molar-refractivity contribution < 1.29 is 9.53 Å². The van der Waals surface area contributed by atoms with Crippen molar-refractivity contribution in [2.24, 2.45) is 0 Å².